The topological polar surface area (TPSA) is 98.1 Å². The molecule has 8 heteroatoms. The number of hydrogen-bond donors (Lipinski definition) is 3. The second-order valence-electron chi connectivity index (χ2n) is 2.25. The van der Waals surface area contributed by atoms with Crippen molar-refractivity contribution in [1.29, 1.82) is 0 Å². The number of hydroxylamine groups is 2. The summed E-state index contributed by atoms with van der Waals surface area (Å²) >= 11 is 0. The van der Waals surface area contributed by atoms with Gasteiger partial charge in [0.25, 0.3) is 0 Å². The molecule has 0 aromatic carbocycles. The Morgan fingerprint density at radius 1 is 1.29 bits per heavy atom. The van der Waals surface area contributed by atoms with Crippen molar-refractivity contribution in [2.75, 3.05) is 6.54 Å². The molecular formula is C6H13NNa2O5. The van der Waals surface area contributed by atoms with Crippen LogP contribution in [0.1, 0.15) is 13.3 Å². The normalized spacial score (nSPS) is 11.1. The molecule has 0 aromatic rings. The average molecular weight is 225 g/mol. The summed E-state index contributed by atoms with van der Waals surface area (Å²) in [7, 11) is 0. The quantitative estimate of drug-likeness (QED) is 0.382. The zero-order chi connectivity index (χ0) is 9.72. The average Bonchev–Trinajstić information content (AvgIpc) is 1.85. The molecule has 0 heterocycles. The van der Waals surface area contributed by atoms with Gasteiger partial charge < -0.3 is 15.4 Å². The number of carboxylic acid groups (broad SMARTS) is 2. The van der Waals surface area contributed by atoms with E-state index < -0.39 is 24.5 Å². The Labute approximate surface area is 126 Å². The molecule has 0 fully saturated rings. The Kier molecular flexibility index (Phi) is 15.0. The predicted molar refractivity (Wildman–Crippen MR) is 52.1 cm³/mol. The number of carbonyl (C=O) groups is 2. The number of rotatable bonds is 5. The standard InChI is InChI=1S/C6H11NO5.2Na.2H/c1-2-4(6(10)11)7(12)3-5(8)9;;;;/h4,12H,2-3H2,1H3,(H,8,9)(H,10,11);;;;. The first-order valence-electron chi connectivity index (χ1n) is 3.39. The van der Waals surface area contributed by atoms with E-state index in [9.17, 15) is 9.59 Å². The van der Waals surface area contributed by atoms with Crippen molar-refractivity contribution in [3.05, 3.63) is 0 Å². The maximum absolute atomic E-state index is 10.4. The molecule has 0 bridgehead atoms. The van der Waals surface area contributed by atoms with Gasteiger partial charge in [-0.3, -0.25) is 9.59 Å². The third kappa shape index (κ3) is 8.19. The molecule has 0 amide bonds. The molecule has 0 rings (SSSR count). The van der Waals surface area contributed by atoms with Crippen LogP contribution >= 0.6 is 0 Å². The number of nitrogens with zero attached hydrogens (tertiary/aromatic N) is 1. The van der Waals surface area contributed by atoms with Gasteiger partial charge in [0.1, 0.15) is 12.6 Å². The van der Waals surface area contributed by atoms with E-state index in [1.165, 1.54) is 0 Å². The molecule has 14 heavy (non-hydrogen) atoms. The van der Waals surface area contributed by atoms with Crippen molar-refractivity contribution in [3.8, 4) is 0 Å². The van der Waals surface area contributed by atoms with E-state index in [1.807, 2.05) is 0 Å². The van der Waals surface area contributed by atoms with Crippen LogP contribution in [0.15, 0.2) is 0 Å². The summed E-state index contributed by atoms with van der Waals surface area (Å²) in [6.07, 6.45) is 0.152. The maximum atomic E-state index is 10.4. The van der Waals surface area contributed by atoms with Gasteiger partial charge in [0.2, 0.25) is 0 Å². The third-order valence-electron chi connectivity index (χ3n) is 1.33. The Balaban J connectivity index is -0.000000605. The van der Waals surface area contributed by atoms with Crippen LogP contribution in [0.2, 0.25) is 0 Å². The van der Waals surface area contributed by atoms with Crippen LogP contribution in [0.4, 0.5) is 0 Å². The van der Waals surface area contributed by atoms with Gasteiger partial charge in [-0.2, -0.15) is 5.06 Å². The summed E-state index contributed by atoms with van der Waals surface area (Å²) < 4.78 is 0. The molecule has 0 aliphatic heterocycles. The fourth-order valence-electron chi connectivity index (χ4n) is 0.762. The fraction of sp³-hybridized carbons (Fsp3) is 0.667. The molecule has 0 aromatic heterocycles. The first kappa shape index (κ1) is 20.3. The van der Waals surface area contributed by atoms with Gasteiger partial charge in [-0.25, -0.2) is 0 Å². The molecule has 0 saturated heterocycles. The summed E-state index contributed by atoms with van der Waals surface area (Å²) in [6, 6.07) is -1.15. The second kappa shape index (κ2) is 10.4. The first-order chi connectivity index (χ1) is 5.49. The van der Waals surface area contributed by atoms with Gasteiger partial charge in [-0.05, 0) is 6.42 Å². The number of aliphatic carboxylic acids is 2. The zero-order valence-electron chi connectivity index (χ0n) is 6.60. The van der Waals surface area contributed by atoms with Crippen LogP contribution in [0.5, 0.6) is 0 Å². The van der Waals surface area contributed by atoms with Crippen LogP contribution in [0.25, 0.3) is 0 Å². The van der Waals surface area contributed by atoms with Crippen molar-refractivity contribution in [2.45, 2.75) is 19.4 Å². The van der Waals surface area contributed by atoms with E-state index in [2.05, 4.69) is 0 Å². The van der Waals surface area contributed by atoms with Gasteiger partial charge in [0.15, 0.2) is 0 Å². The summed E-state index contributed by atoms with van der Waals surface area (Å²) in [4.78, 5) is 20.4. The summed E-state index contributed by atoms with van der Waals surface area (Å²) in [5.41, 5.74) is 0. The molecule has 0 spiro atoms. The van der Waals surface area contributed by atoms with Gasteiger partial charge in [0, 0.05) is 0 Å². The van der Waals surface area contributed by atoms with Crippen molar-refractivity contribution in [1.82, 2.24) is 5.06 Å². The summed E-state index contributed by atoms with van der Waals surface area (Å²) in [5.74, 6) is -2.50. The molecule has 0 aliphatic carbocycles. The van der Waals surface area contributed by atoms with E-state index in [1.54, 1.807) is 6.92 Å². The molecule has 1 atom stereocenters. The Bertz CT molecular complexity index is 189. The number of carboxylic acids is 2. The SMILES string of the molecule is CCC(C(=O)O)N(O)CC(=O)O.[NaH].[NaH]. The first-order valence-corrected chi connectivity index (χ1v) is 3.39. The summed E-state index contributed by atoms with van der Waals surface area (Å²) in [6.45, 7) is 0.856. The van der Waals surface area contributed by atoms with Gasteiger partial charge in [0.05, 0.1) is 0 Å². The van der Waals surface area contributed by atoms with Crippen molar-refractivity contribution >= 4 is 71.1 Å². The minimum absolute atomic E-state index is 0. The molecule has 3 N–H and O–H groups in total. The monoisotopic (exact) mass is 225 g/mol. The molecule has 0 radical (unpaired) electrons. The van der Waals surface area contributed by atoms with Crippen LogP contribution < -0.4 is 0 Å². The van der Waals surface area contributed by atoms with Crippen molar-refractivity contribution in [2.24, 2.45) is 0 Å². The van der Waals surface area contributed by atoms with Gasteiger partial charge in [-0.1, -0.05) is 6.92 Å². The van der Waals surface area contributed by atoms with Gasteiger partial charge in [-0.15, -0.1) is 0 Å². The summed E-state index contributed by atoms with van der Waals surface area (Å²) in [5, 5.41) is 25.9. The Morgan fingerprint density at radius 3 is 1.93 bits per heavy atom. The molecule has 74 valence electrons. The number of hydrogen-bond acceptors (Lipinski definition) is 4. The van der Waals surface area contributed by atoms with E-state index in [0.717, 1.165) is 0 Å². The second-order valence-corrected chi connectivity index (χ2v) is 2.25. The van der Waals surface area contributed by atoms with E-state index in [0.29, 0.717) is 5.06 Å². The van der Waals surface area contributed by atoms with E-state index >= 15 is 0 Å². The molecule has 6 nitrogen and oxygen atoms in total. The molecule has 1 unspecified atom stereocenters. The van der Waals surface area contributed by atoms with Crippen molar-refractivity contribution < 1.29 is 25.0 Å². The third-order valence-corrected chi connectivity index (χ3v) is 1.33. The molecular weight excluding hydrogens is 212 g/mol. The predicted octanol–water partition coefficient (Wildman–Crippen LogP) is -1.67. The van der Waals surface area contributed by atoms with Crippen LogP contribution in [-0.4, -0.2) is 104 Å². The van der Waals surface area contributed by atoms with Crippen LogP contribution in [-0.2, 0) is 9.59 Å². The fourth-order valence-corrected chi connectivity index (χ4v) is 0.762. The van der Waals surface area contributed by atoms with E-state index in [4.69, 9.17) is 15.4 Å². The van der Waals surface area contributed by atoms with Crippen LogP contribution in [0.3, 0.4) is 0 Å². The minimum atomic E-state index is -1.27. The molecule has 0 aliphatic rings. The van der Waals surface area contributed by atoms with E-state index in [-0.39, 0.29) is 65.5 Å². The Hall–Kier alpha value is 0.860. The molecule has 0 saturated carbocycles. The zero-order valence-corrected chi connectivity index (χ0v) is 6.60. The Morgan fingerprint density at radius 2 is 1.71 bits per heavy atom. The van der Waals surface area contributed by atoms with Crippen molar-refractivity contribution in [3.63, 3.8) is 0 Å². The van der Waals surface area contributed by atoms with Crippen LogP contribution in [0, 0.1) is 0 Å². The van der Waals surface area contributed by atoms with Gasteiger partial charge >= 0.3 is 71.1 Å².